The summed E-state index contributed by atoms with van der Waals surface area (Å²) < 4.78 is 20.4. The number of methoxy groups -OCH3 is 2. The molecule has 0 radical (unpaired) electrons. The van der Waals surface area contributed by atoms with Crippen LogP contribution in [0.4, 0.5) is 0 Å². The molecule has 1 aliphatic heterocycles. The Hall–Kier alpha value is -3.36. The lowest BCUT2D eigenvalue weighted by Crippen LogP contribution is -2.22. The maximum Gasteiger partial charge on any atom is 0.322 e. The SMILES string of the molecule is COc1nc(CNC(=O)C=Cc2ccc3c(c2)OCO3)nc(OC)n1. The molecule has 0 bridgehead atoms. The highest BCUT2D eigenvalue weighted by Gasteiger charge is 2.12. The van der Waals surface area contributed by atoms with Gasteiger partial charge in [-0.15, -0.1) is 4.98 Å². The molecule has 1 aromatic carbocycles. The van der Waals surface area contributed by atoms with E-state index in [4.69, 9.17) is 18.9 Å². The van der Waals surface area contributed by atoms with Crippen molar-refractivity contribution in [3.05, 3.63) is 35.7 Å². The second-order valence-corrected chi connectivity index (χ2v) is 4.89. The molecule has 9 nitrogen and oxygen atoms in total. The lowest BCUT2D eigenvalue weighted by atomic mass is 10.2. The van der Waals surface area contributed by atoms with E-state index in [1.165, 1.54) is 20.3 Å². The van der Waals surface area contributed by atoms with Gasteiger partial charge in [0.05, 0.1) is 20.8 Å². The van der Waals surface area contributed by atoms with E-state index in [9.17, 15) is 4.79 Å². The van der Waals surface area contributed by atoms with Crippen LogP contribution in [0.15, 0.2) is 24.3 Å². The van der Waals surface area contributed by atoms with Crippen LogP contribution in [0.25, 0.3) is 6.08 Å². The average Bonchev–Trinajstić information content (AvgIpc) is 3.12. The summed E-state index contributed by atoms with van der Waals surface area (Å²) in [7, 11) is 2.87. The summed E-state index contributed by atoms with van der Waals surface area (Å²) in [5, 5.41) is 2.68. The highest BCUT2D eigenvalue weighted by atomic mass is 16.7. The number of aromatic nitrogens is 3. The largest absolute Gasteiger partial charge is 0.467 e. The molecular weight excluding hydrogens is 328 g/mol. The van der Waals surface area contributed by atoms with Crippen LogP contribution in [-0.2, 0) is 11.3 Å². The van der Waals surface area contributed by atoms with Crippen molar-refractivity contribution in [1.29, 1.82) is 0 Å². The van der Waals surface area contributed by atoms with Crippen LogP contribution in [0.1, 0.15) is 11.4 Å². The number of hydrogen-bond acceptors (Lipinski definition) is 8. The molecule has 0 spiro atoms. The van der Waals surface area contributed by atoms with Crippen molar-refractivity contribution < 1.29 is 23.7 Å². The van der Waals surface area contributed by atoms with Crippen LogP contribution >= 0.6 is 0 Å². The monoisotopic (exact) mass is 344 g/mol. The fraction of sp³-hybridized carbons (Fsp3) is 0.250. The minimum atomic E-state index is -0.295. The van der Waals surface area contributed by atoms with Crippen LogP contribution in [0.2, 0.25) is 0 Å². The molecule has 130 valence electrons. The Morgan fingerprint density at radius 3 is 2.60 bits per heavy atom. The number of rotatable bonds is 6. The van der Waals surface area contributed by atoms with Gasteiger partial charge in [-0.25, -0.2) is 0 Å². The van der Waals surface area contributed by atoms with Crippen molar-refractivity contribution in [2.24, 2.45) is 0 Å². The van der Waals surface area contributed by atoms with Crippen LogP contribution in [0.5, 0.6) is 23.5 Å². The Morgan fingerprint density at radius 2 is 1.88 bits per heavy atom. The quantitative estimate of drug-likeness (QED) is 0.772. The molecule has 3 rings (SSSR count). The standard InChI is InChI=1S/C16H16N4O5/c1-22-15-18-13(19-16(20-15)23-2)8-17-14(21)6-4-10-3-5-11-12(7-10)25-9-24-11/h3-7H,8-9H2,1-2H3,(H,17,21). The van der Waals surface area contributed by atoms with Crippen molar-refractivity contribution in [3.63, 3.8) is 0 Å². The van der Waals surface area contributed by atoms with Gasteiger partial charge >= 0.3 is 12.0 Å². The van der Waals surface area contributed by atoms with Crippen LogP contribution in [0.3, 0.4) is 0 Å². The van der Waals surface area contributed by atoms with Gasteiger partial charge in [0.25, 0.3) is 0 Å². The number of carbonyl (C=O) groups is 1. The van der Waals surface area contributed by atoms with Gasteiger partial charge < -0.3 is 24.3 Å². The Bertz CT molecular complexity index is 787. The number of benzene rings is 1. The lowest BCUT2D eigenvalue weighted by Gasteiger charge is -2.05. The van der Waals surface area contributed by atoms with Crippen molar-refractivity contribution in [2.75, 3.05) is 21.0 Å². The smallest absolute Gasteiger partial charge is 0.322 e. The number of hydrogen-bond donors (Lipinski definition) is 1. The molecule has 1 aromatic heterocycles. The maximum atomic E-state index is 11.9. The molecule has 2 heterocycles. The Kier molecular flexibility index (Phi) is 4.93. The van der Waals surface area contributed by atoms with Crippen molar-refractivity contribution in [1.82, 2.24) is 20.3 Å². The third-order valence-corrected chi connectivity index (χ3v) is 3.25. The first-order chi connectivity index (χ1) is 12.2. The Labute approximate surface area is 143 Å². The fourth-order valence-electron chi connectivity index (χ4n) is 2.05. The number of nitrogens with one attached hydrogen (secondary N) is 1. The predicted octanol–water partition coefficient (Wildman–Crippen LogP) is 0.947. The van der Waals surface area contributed by atoms with Crippen molar-refractivity contribution >= 4 is 12.0 Å². The minimum Gasteiger partial charge on any atom is -0.467 e. The molecule has 9 heteroatoms. The Balaban J connectivity index is 1.59. The van der Waals surface area contributed by atoms with Gasteiger partial charge in [0, 0.05) is 6.08 Å². The molecule has 0 saturated heterocycles. The predicted molar refractivity (Wildman–Crippen MR) is 86.4 cm³/mol. The summed E-state index contributed by atoms with van der Waals surface area (Å²) in [5.41, 5.74) is 0.822. The first kappa shape index (κ1) is 16.5. The van der Waals surface area contributed by atoms with Gasteiger partial charge in [0.1, 0.15) is 0 Å². The van der Waals surface area contributed by atoms with E-state index in [-0.39, 0.29) is 31.3 Å². The number of ether oxygens (including phenoxy) is 4. The zero-order chi connectivity index (χ0) is 17.6. The van der Waals surface area contributed by atoms with E-state index in [1.807, 2.05) is 6.07 Å². The zero-order valence-electron chi connectivity index (χ0n) is 13.7. The second kappa shape index (κ2) is 7.47. The molecule has 0 aliphatic carbocycles. The van der Waals surface area contributed by atoms with Crippen LogP contribution in [-0.4, -0.2) is 41.9 Å². The summed E-state index contributed by atoms with van der Waals surface area (Å²) in [4.78, 5) is 23.9. The summed E-state index contributed by atoms with van der Waals surface area (Å²) >= 11 is 0. The lowest BCUT2D eigenvalue weighted by molar-refractivity contribution is -0.116. The average molecular weight is 344 g/mol. The number of carbonyl (C=O) groups excluding carboxylic acids is 1. The van der Waals surface area contributed by atoms with Gasteiger partial charge in [-0.1, -0.05) is 6.07 Å². The molecule has 1 N–H and O–H groups in total. The third-order valence-electron chi connectivity index (χ3n) is 3.25. The van der Waals surface area contributed by atoms with E-state index in [2.05, 4.69) is 20.3 Å². The van der Waals surface area contributed by atoms with E-state index in [0.29, 0.717) is 17.3 Å². The third kappa shape index (κ3) is 4.14. The molecule has 0 atom stereocenters. The summed E-state index contributed by atoms with van der Waals surface area (Å²) in [6.45, 7) is 0.321. The molecular formula is C16H16N4O5. The minimum absolute atomic E-state index is 0.111. The van der Waals surface area contributed by atoms with E-state index >= 15 is 0 Å². The number of fused-ring (bicyclic) bond motifs is 1. The summed E-state index contributed by atoms with van der Waals surface area (Å²) in [6, 6.07) is 5.66. The maximum absolute atomic E-state index is 11.9. The fourth-order valence-corrected chi connectivity index (χ4v) is 2.05. The van der Waals surface area contributed by atoms with Gasteiger partial charge in [-0.2, -0.15) is 9.97 Å². The molecule has 1 aliphatic rings. The molecule has 0 fully saturated rings. The molecule has 0 saturated carbocycles. The highest BCUT2D eigenvalue weighted by molar-refractivity contribution is 5.91. The van der Waals surface area contributed by atoms with Crippen molar-refractivity contribution in [3.8, 4) is 23.5 Å². The number of amides is 1. The molecule has 2 aromatic rings. The first-order valence-corrected chi connectivity index (χ1v) is 7.36. The van der Waals surface area contributed by atoms with E-state index < -0.39 is 0 Å². The van der Waals surface area contributed by atoms with Crippen molar-refractivity contribution in [2.45, 2.75) is 6.54 Å². The normalized spacial score (nSPS) is 12.2. The van der Waals surface area contributed by atoms with Gasteiger partial charge in [-0.05, 0) is 23.8 Å². The van der Waals surface area contributed by atoms with E-state index in [0.717, 1.165) is 5.56 Å². The molecule has 0 unspecified atom stereocenters. The van der Waals surface area contributed by atoms with Crippen LogP contribution in [0, 0.1) is 0 Å². The number of nitrogens with zero attached hydrogens (tertiary/aromatic N) is 3. The van der Waals surface area contributed by atoms with E-state index in [1.54, 1.807) is 18.2 Å². The topological polar surface area (TPSA) is 105 Å². The first-order valence-electron chi connectivity index (χ1n) is 7.36. The van der Waals surface area contributed by atoms with Crippen LogP contribution < -0.4 is 24.3 Å². The summed E-state index contributed by atoms with van der Waals surface area (Å²) in [6.07, 6.45) is 3.08. The van der Waals surface area contributed by atoms with Gasteiger partial charge in [0.2, 0.25) is 12.7 Å². The molecule has 1 amide bonds. The summed E-state index contributed by atoms with van der Waals surface area (Å²) in [5.74, 6) is 1.39. The molecule has 25 heavy (non-hydrogen) atoms. The highest BCUT2D eigenvalue weighted by Crippen LogP contribution is 2.32. The zero-order valence-corrected chi connectivity index (χ0v) is 13.7. The van der Waals surface area contributed by atoms with Gasteiger partial charge in [-0.3, -0.25) is 4.79 Å². The second-order valence-electron chi connectivity index (χ2n) is 4.89. The Morgan fingerprint density at radius 1 is 1.16 bits per heavy atom. The van der Waals surface area contributed by atoms with Gasteiger partial charge in [0.15, 0.2) is 17.3 Å².